The first-order valence-corrected chi connectivity index (χ1v) is 6.96. The van der Waals surface area contributed by atoms with Gasteiger partial charge in [0.2, 0.25) is 10.0 Å². The molecular formula is C7H6N3O4S2. The normalized spacial score (nSPS) is 17.6. The Bertz CT molecular complexity index is 676. The number of nitrogens with two attached hydrogens (primary N) is 1. The van der Waals surface area contributed by atoms with Crippen LogP contribution in [-0.2, 0) is 20.0 Å². The van der Waals surface area contributed by atoms with Crippen LogP contribution >= 0.6 is 0 Å². The fourth-order valence-corrected chi connectivity index (χ4v) is 2.75. The zero-order valence-corrected chi connectivity index (χ0v) is 9.36. The second-order valence-electron chi connectivity index (χ2n) is 3.00. The lowest BCUT2D eigenvalue weighted by molar-refractivity contribution is 0.591. The number of hydrogen-bond donors (Lipinski definition) is 1. The van der Waals surface area contributed by atoms with E-state index in [-0.39, 0.29) is 15.5 Å². The predicted octanol–water partition coefficient (Wildman–Crippen LogP) is -0.699. The van der Waals surface area contributed by atoms with Crippen molar-refractivity contribution in [3.05, 3.63) is 18.2 Å². The van der Waals surface area contributed by atoms with Crippen LogP contribution in [0.15, 0.2) is 33.0 Å². The summed E-state index contributed by atoms with van der Waals surface area (Å²) in [5.74, 6) is 0. The van der Waals surface area contributed by atoms with Gasteiger partial charge in [-0.25, -0.2) is 18.5 Å². The highest BCUT2D eigenvalue weighted by Crippen LogP contribution is 2.28. The van der Waals surface area contributed by atoms with Crippen molar-refractivity contribution in [1.82, 2.24) is 4.72 Å². The van der Waals surface area contributed by atoms with Crippen LogP contribution in [0.25, 0.3) is 0 Å². The summed E-state index contributed by atoms with van der Waals surface area (Å²) in [5.41, 5.74) is 0.141. The molecule has 1 radical (unpaired) electrons. The van der Waals surface area contributed by atoms with Crippen molar-refractivity contribution in [2.24, 2.45) is 10.1 Å². The molecule has 0 saturated heterocycles. The van der Waals surface area contributed by atoms with Gasteiger partial charge in [-0.3, -0.25) is 0 Å². The molecule has 1 aliphatic heterocycles. The van der Waals surface area contributed by atoms with Crippen molar-refractivity contribution in [3.8, 4) is 0 Å². The first kappa shape index (κ1) is 11.0. The highest BCUT2D eigenvalue weighted by atomic mass is 32.2. The SMILES string of the molecule is NS(=O)(=O)c1ccc2c(c1)S(=O)(=O)[N]C=N2. The van der Waals surface area contributed by atoms with Gasteiger partial charge in [-0.05, 0) is 18.2 Å². The molecule has 1 heterocycles. The van der Waals surface area contributed by atoms with Crippen LogP contribution < -0.4 is 9.86 Å². The predicted molar refractivity (Wildman–Crippen MR) is 55.3 cm³/mol. The van der Waals surface area contributed by atoms with E-state index in [1.54, 1.807) is 0 Å². The number of nitrogens with zero attached hydrogens (tertiary/aromatic N) is 2. The maximum absolute atomic E-state index is 11.5. The molecule has 2 N–H and O–H groups in total. The standard InChI is InChI=1S/C7H6N3O4S2/c8-15(11,12)5-1-2-6-7(3-5)16(13,14)10-4-9-6/h1-4H,(H2,8,11,12). The molecule has 1 aromatic carbocycles. The zero-order valence-electron chi connectivity index (χ0n) is 7.73. The number of benzene rings is 1. The second kappa shape index (κ2) is 3.27. The summed E-state index contributed by atoms with van der Waals surface area (Å²) in [6.45, 7) is 0. The quantitative estimate of drug-likeness (QED) is 0.717. The Morgan fingerprint density at radius 2 is 1.94 bits per heavy atom. The summed E-state index contributed by atoms with van der Waals surface area (Å²) in [5, 5.41) is 4.89. The molecule has 85 valence electrons. The van der Waals surface area contributed by atoms with Crippen LogP contribution in [0, 0.1) is 0 Å². The van der Waals surface area contributed by atoms with Crippen molar-refractivity contribution in [1.29, 1.82) is 0 Å². The topological polar surface area (TPSA) is 121 Å². The number of rotatable bonds is 1. The van der Waals surface area contributed by atoms with Gasteiger partial charge in [0, 0.05) is 0 Å². The number of aliphatic imine (C=N–C) groups is 1. The van der Waals surface area contributed by atoms with E-state index in [9.17, 15) is 16.8 Å². The molecule has 1 aliphatic rings. The van der Waals surface area contributed by atoms with E-state index in [1.165, 1.54) is 12.1 Å². The summed E-state index contributed by atoms with van der Waals surface area (Å²) in [6, 6.07) is 3.39. The lowest BCUT2D eigenvalue weighted by Gasteiger charge is -2.10. The zero-order chi connectivity index (χ0) is 12.0. The third-order valence-corrected chi connectivity index (χ3v) is 4.09. The van der Waals surface area contributed by atoms with Gasteiger partial charge < -0.3 is 0 Å². The molecule has 0 unspecified atom stereocenters. The van der Waals surface area contributed by atoms with E-state index in [4.69, 9.17) is 5.14 Å². The fourth-order valence-electron chi connectivity index (χ4n) is 1.19. The van der Waals surface area contributed by atoms with Gasteiger partial charge in [-0.15, -0.1) is 4.72 Å². The minimum absolute atomic E-state index is 0.141. The molecule has 2 rings (SSSR count). The molecule has 1 aromatic rings. The Morgan fingerprint density at radius 1 is 1.25 bits per heavy atom. The van der Waals surface area contributed by atoms with E-state index in [0.717, 1.165) is 12.4 Å². The Hall–Kier alpha value is -1.45. The average molecular weight is 260 g/mol. The highest BCUT2D eigenvalue weighted by molar-refractivity contribution is 7.90. The molecule has 16 heavy (non-hydrogen) atoms. The molecule has 0 aliphatic carbocycles. The van der Waals surface area contributed by atoms with Gasteiger partial charge in [0.1, 0.15) is 11.2 Å². The van der Waals surface area contributed by atoms with Gasteiger partial charge in [-0.1, -0.05) is 0 Å². The van der Waals surface area contributed by atoms with E-state index in [0.29, 0.717) is 0 Å². The molecular weight excluding hydrogens is 254 g/mol. The van der Waals surface area contributed by atoms with Crippen LogP contribution in [0.4, 0.5) is 5.69 Å². The molecule has 0 atom stereocenters. The average Bonchev–Trinajstić information content (AvgIpc) is 2.15. The summed E-state index contributed by atoms with van der Waals surface area (Å²) >= 11 is 0. The van der Waals surface area contributed by atoms with E-state index >= 15 is 0 Å². The van der Waals surface area contributed by atoms with Crippen LogP contribution in [0.2, 0.25) is 0 Å². The van der Waals surface area contributed by atoms with Crippen LogP contribution in [0.1, 0.15) is 0 Å². The summed E-state index contributed by atoms with van der Waals surface area (Å²) in [7, 11) is -7.81. The Kier molecular flexibility index (Phi) is 2.26. The molecule has 7 nitrogen and oxygen atoms in total. The fraction of sp³-hybridized carbons (Fsp3) is 0. The summed E-state index contributed by atoms with van der Waals surface area (Å²) in [4.78, 5) is 3.15. The Labute approximate surface area is 92.1 Å². The molecule has 0 saturated carbocycles. The van der Waals surface area contributed by atoms with Crippen LogP contribution in [0.3, 0.4) is 0 Å². The molecule has 0 amide bonds. The third-order valence-electron chi connectivity index (χ3n) is 1.92. The first-order chi connectivity index (χ1) is 7.31. The molecule has 0 aromatic heterocycles. The number of hydrogen-bond acceptors (Lipinski definition) is 5. The molecule has 9 heteroatoms. The van der Waals surface area contributed by atoms with Gasteiger partial charge in [-0.2, -0.15) is 8.42 Å². The van der Waals surface area contributed by atoms with Gasteiger partial charge in [0.25, 0.3) is 10.0 Å². The smallest absolute Gasteiger partial charge is 0.235 e. The lowest BCUT2D eigenvalue weighted by atomic mass is 10.3. The number of primary sulfonamides is 1. The molecule has 0 fully saturated rings. The lowest BCUT2D eigenvalue weighted by Crippen LogP contribution is -2.19. The Balaban J connectivity index is 2.76. The molecule has 0 bridgehead atoms. The van der Waals surface area contributed by atoms with E-state index in [1.807, 2.05) is 0 Å². The number of sulfonamides is 2. The van der Waals surface area contributed by atoms with E-state index < -0.39 is 20.0 Å². The van der Waals surface area contributed by atoms with Crippen molar-refractivity contribution < 1.29 is 16.8 Å². The van der Waals surface area contributed by atoms with Crippen molar-refractivity contribution in [2.75, 3.05) is 0 Å². The third kappa shape index (κ3) is 1.79. The van der Waals surface area contributed by atoms with Gasteiger partial charge in [0.15, 0.2) is 0 Å². The van der Waals surface area contributed by atoms with Gasteiger partial charge in [0.05, 0.1) is 10.6 Å². The summed E-state index contributed by atoms with van der Waals surface area (Å²) < 4.78 is 48.2. The largest absolute Gasteiger partial charge is 0.285 e. The highest BCUT2D eigenvalue weighted by Gasteiger charge is 2.24. The summed E-state index contributed by atoms with van der Waals surface area (Å²) in [6.07, 6.45) is 0.897. The van der Waals surface area contributed by atoms with Crippen LogP contribution in [0.5, 0.6) is 0 Å². The maximum Gasteiger partial charge on any atom is 0.285 e. The second-order valence-corrected chi connectivity index (χ2v) is 6.16. The van der Waals surface area contributed by atoms with Gasteiger partial charge >= 0.3 is 0 Å². The van der Waals surface area contributed by atoms with Crippen LogP contribution in [-0.4, -0.2) is 23.2 Å². The minimum atomic E-state index is -3.94. The van der Waals surface area contributed by atoms with Crippen molar-refractivity contribution >= 4 is 32.1 Å². The van der Waals surface area contributed by atoms with E-state index in [2.05, 4.69) is 9.71 Å². The molecule has 0 spiro atoms. The maximum atomic E-state index is 11.5. The Morgan fingerprint density at radius 3 is 2.56 bits per heavy atom. The monoisotopic (exact) mass is 260 g/mol. The minimum Gasteiger partial charge on any atom is -0.235 e. The van der Waals surface area contributed by atoms with Crippen molar-refractivity contribution in [3.63, 3.8) is 0 Å². The van der Waals surface area contributed by atoms with Crippen molar-refractivity contribution in [2.45, 2.75) is 9.79 Å². The first-order valence-electron chi connectivity index (χ1n) is 3.97. The number of fused-ring (bicyclic) bond motifs is 1.